The van der Waals surface area contributed by atoms with Gasteiger partial charge in [-0.2, -0.15) is 5.10 Å². The van der Waals surface area contributed by atoms with E-state index in [-0.39, 0.29) is 18.2 Å². The molecule has 36 heavy (non-hydrogen) atoms. The largest absolute Gasteiger partial charge is 0.444 e. The van der Waals surface area contributed by atoms with E-state index >= 15 is 0 Å². The average molecular weight is 495 g/mol. The fraction of sp³-hybridized carbons (Fsp3) is 0.423. The van der Waals surface area contributed by atoms with Gasteiger partial charge in [-0.3, -0.25) is 9.59 Å². The van der Waals surface area contributed by atoms with Crippen molar-refractivity contribution in [1.29, 1.82) is 0 Å². The van der Waals surface area contributed by atoms with Crippen LogP contribution in [-0.4, -0.2) is 63.8 Å². The van der Waals surface area contributed by atoms with Crippen molar-refractivity contribution >= 4 is 28.8 Å². The maximum Gasteiger partial charge on any atom is 0.407 e. The van der Waals surface area contributed by atoms with Gasteiger partial charge in [0.25, 0.3) is 5.91 Å². The summed E-state index contributed by atoms with van der Waals surface area (Å²) in [4.78, 5) is 42.9. The Morgan fingerprint density at radius 2 is 1.89 bits per heavy atom. The summed E-state index contributed by atoms with van der Waals surface area (Å²) >= 11 is 0. The molecule has 0 saturated heterocycles. The molecule has 192 valence electrons. The van der Waals surface area contributed by atoms with Crippen molar-refractivity contribution < 1.29 is 19.1 Å². The molecule has 2 N–H and O–H groups in total. The normalized spacial score (nSPS) is 11.3. The predicted molar refractivity (Wildman–Crippen MR) is 137 cm³/mol. The van der Waals surface area contributed by atoms with Crippen molar-refractivity contribution in [2.24, 2.45) is 0 Å². The van der Waals surface area contributed by atoms with Crippen LogP contribution in [0.4, 0.5) is 4.79 Å². The van der Waals surface area contributed by atoms with Gasteiger partial charge in [-0.05, 0) is 69.5 Å². The topological polar surface area (TPSA) is 118 Å². The number of nitrogens with one attached hydrogen (secondary N) is 2. The zero-order chi connectivity index (χ0) is 26.5. The lowest BCUT2D eigenvalue weighted by molar-refractivity contribution is -0.130. The molecule has 0 saturated carbocycles. The second-order valence-corrected chi connectivity index (χ2v) is 9.66. The highest BCUT2D eigenvalue weighted by atomic mass is 16.6. The number of hydrogen-bond donors (Lipinski definition) is 2. The first kappa shape index (κ1) is 26.7. The molecule has 0 fully saturated rings. The molecule has 10 heteroatoms. The Morgan fingerprint density at radius 1 is 1.14 bits per heavy atom. The van der Waals surface area contributed by atoms with Gasteiger partial charge in [-0.1, -0.05) is 6.07 Å². The average Bonchev–Trinajstić information content (AvgIpc) is 3.19. The number of fused-ring (bicyclic) bond motifs is 1. The zero-order valence-corrected chi connectivity index (χ0v) is 21.7. The molecule has 3 rings (SSSR count). The summed E-state index contributed by atoms with van der Waals surface area (Å²) in [5.74, 6) is 0.271. The first-order chi connectivity index (χ1) is 17.0. The molecule has 1 aromatic carbocycles. The number of aryl methyl sites for hydroxylation is 1. The van der Waals surface area contributed by atoms with E-state index in [0.29, 0.717) is 36.4 Å². The number of ether oxygens (including phenoxy) is 1. The molecule has 3 aromatic rings. The second kappa shape index (κ2) is 11.2. The van der Waals surface area contributed by atoms with Crippen molar-refractivity contribution in [1.82, 2.24) is 30.3 Å². The van der Waals surface area contributed by atoms with Crippen LogP contribution < -0.4 is 10.6 Å². The number of carbonyl (C=O) groups excluding carboxylic acids is 3. The lowest BCUT2D eigenvalue weighted by Crippen LogP contribution is -2.33. The zero-order valence-electron chi connectivity index (χ0n) is 21.7. The molecule has 0 bridgehead atoms. The fourth-order valence-electron chi connectivity index (χ4n) is 3.66. The monoisotopic (exact) mass is 494 g/mol. The van der Waals surface area contributed by atoms with Crippen LogP contribution in [0, 0.1) is 6.92 Å². The van der Waals surface area contributed by atoms with Crippen LogP contribution in [-0.2, 0) is 16.1 Å². The third kappa shape index (κ3) is 6.80. The second-order valence-electron chi connectivity index (χ2n) is 9.66. The molecule has 0 aliphatic heterocycles. The summed E-state index contributed by atoms with van der Waals surface area (Å²) in [5, 5.41) is 10.5. The van der Waals surface area contributed by atoms with Gasteiger partial charge in [0, 0.05) is 45.2 Å². The van der Waals surface area contributed by atoms with E-state index in [1.165, 1.54) is 0 Å². The molecule has 0 radical (unpaired) electrons. The van der Waals surface area contributed by atoms with Crippen LogP contribution in [0.5, 0.6) is 0 Å². The maximum atomic E-state index is 12.6. The van der Waals surface area contributed by atoms with Gasteiger partial charge in [0.05, 0.1) is 5.52 Å². The molecule has 0 unspecified atom stereocenters. The minimum atomic E-state index is -0.564. The van der Waals surface area contributed by atoms with Gasteiger partial charge in [0.1, 0.15) is 5.60 Å². The summed E-state index contributed by atoms with van der Waals surface area (Å²) < 4.78 is 6.85. The summed E-state index contributed by atoms with van der Waals surface area (Å²) in [5.41, 5.74) is 2.37. The lowest BCUT2D eigenvalue weighted by atomic mass is 10.1. The molecule has 0 spiro atoms. The predicted octanol–water partition coefficient (Wildman–Crippen LogP) is 3.35. The number of carbonyl (C=O) groups is 3. The number of aromatic nitrogens is 3. The Kier molecular flexibility index (Phi) is 8.29. The van der Waals surface area contributed by atoms with Crippen LogP contribution in [0.15, 0.2) is 36.5 Å². The third-order valence-corrected chi connectivity index (χ3v) is 5.39. The Hall–Kier alpha value is -3.95. The van der Waals surface area contributed by atoms with Crippen LogP contribution >= 0.6 is 0 Å². The molecule has 10 nitrogen and oxygen atoms in total. The quantitative estimate of drug-likeness (QED) is 0.464. The van der Waals surface area contributed by atoms with E-state index in [9.17, 15) is 14.4 Å². The van der Waals surface area contributed by atoms with Crippen LogP contribution in [0.1, 0.15) is 55.2 Å². The van der Waals surface area contributed by atoms with Crippen molar-refractivity contribution in [3.8, 4) is 5.82 Å². The van der Waals surface area contributed by atoms with E-state index < -0.39 is 11.7 Å². The van der Waals surface area contributed by atoms with E-state index in [4.69, 9.17) is 4.74 Å². The molecular weight excluding hydrogens is 460 g/mol. The van der Waals surface area contributed by atoms with Gasteiger partial charge in [0.15, 0.2) is 11.5 Å². The van der Waals surface area contributed by atoms with Crippen LogP contribution in [0.3, 0.4) is 0 Å². The van der Waals surface area contributed by atoms with Crippen LogP contribution in [0.25, 0.3) is 16.7 Å². The summed E-state index contributed by atoms with van der Waals surface area (Å²) in [6, 6.07) is 9.48. The number of benzene rings is 1. The highest BCUT2D eigenvalue weighted by Gasteiger charge is 2.19. The van der Waals surface area contributed by atoms with Gasteiger partial charge in [0.2, 0.25) is 5.91 Å². The first-order valence-corrected chi connectivity index (χ1v) is 11.9. The summed E-state index contributed by atoms with van der Waals surface area (Å²) in [6.07, 6.45) is 1.99. The highest BCUT2D eigenvalue weighted by Crippen LogP contribution is 2.24. The van der Waals surface area contributed by atoms with Crippen molar-refractivity contribution in [3.05, 3.63) is 53.3 Å². The molecule has 2 heterocycles. The Bertz CT molecular complexity index is 1260. The Balaban J connectivity index is 1.70. The smallest absolute Gasteiger partial charge is 0.407 e. The molecule has 0 aliphatic rings. The van der Waals surface area contributed by atoms with Gasteiger partial charge >= 0.3 is 6.09 Å². The van der Waals surface area contributed by atoms with Crippen molar-refractivity contribution in [2.75, 3.05) is 20.6 Å². The molecule has 0 atom stereocenters. The molecular formula is C26H34N6O4. The van der Waals surface area contributed by atoms with Crippen molar-refractivity contribution in [3.63, 3.8) is 0 Å². The van der Waals surface area contributed by atoms with Gasteiger partial charge in [-0.25, -0.2) is 14.5 Å². The van der Waals surface area contributed by atoms with Crippen molar-refractivity contribution in [2.45, 2.75) is 52.7 Å². The Morgan fingerprint density at radius 3 is 2.56 bits per heavy atom. The minimum absolute atomic E-state index is 0.0488. The fourth-order valence-corrected chi connectivity index (χ4v) is 3.66. The number of amides is 3. The number of rotatable bonds is 8. The molecule has 3 amide bonds. The van der Waals surface area contributed by atoms with Gasteiger partial charge in [-0.15, -0.1) is 0 Å². The van der Waals surface area contributed by atoms with Gasteiger partial charge < -0.3 is 20.3 Å². The Labute approximate surface area is 211 Å². The molecule has 0 aliphatic carbocycles. The number of alkyl carbamates (subject to hydrolysis) is 1. The molecule has 2 aromatic heterocycles. The SMILES string of the molecule is CNC(=O)c1nn(-c2cc(C)ccn2)c2ccc(CN(C)C(=O)CCCNC(=O)OC(C)(C)C)cc12. The van der Waals surface area contributed by atoms with E-state index in [1.807, 2.05) is 37.3 Å². The highest BCUT2D eigenvalue weighted by molar-refractivity contribution is 6.05. The van der Waals surface area contributed by atoms with Crippen LogP contribution in [0.2, 0.25) is 0 Å². The first-order valence-electron chi connectivity index (χ1n) is 11.9. The minimum Gasteiger partial charge on any atom is -0.444 e. The maximum absolute atomic E-state index is 12.6. The summed E-state index contributed by atoms with van der Waals surface area (Å²) in [6.45, 7) is 8.08. The van der Waals surface area contributed by atoms with E-state index in [2.05, 4.69) is 20.7 Å². The third-order valence-electron chi connectivity index (χ3n) is 5.39. The summed E-state index contributed by atoms with van der Waals surface area (Å²) in [7, 11) is 3.29. The number of nitrogens with zero attached hydrogens (tertiary/aromatic N) is 4. The standard InChI is InChI=1S/C26H34N6O4/c1-17-11-13-28-21(14-17)32-20-10-9-18(15-19(20)23(30-32)24(34)27-5)16-31(6)22(33)8-7-12-29-25(35)36-26(2,3)4/h9-11,13-15H,7-8,12,16H2,1-6H3,(H,27,34)(H,29,35). The number of hydrogen-bond acceptors (Lipinski definition) is 6. The van der Waals surface area contributed by atoms with E-state index in [0.717, 1.165) is 16.6 Å². The lowest BCUT2D eigenvalue weighted by Gasteiger charge is -2.20. The number of pyridine rings is 1. The van der Waals surface area contributed by atoms with E-state index in [1.54, 1.807) is 50.6 Å².